The second-order valence-corrected chi connectivity index (χ2v) is 8.65. The van der Waals surface area contributed by atoms with Crippen LogP contribution in [0.2, 0.25) is 0 Å². The minimum atomic E-state index is -0.00171. The number of nitrogens with zero attached hydrogens (tertiary/aromatic N) is 2. The van der Waals surface area contributed by atoms with E-state index in [1.54, 1.807) is 11.3 Å². The monoisotopic (exact) mass is 378 g/mol. The average Bonchev–Trinajstić information content (AvgIpc) is 3.17. The van der Waals surface area contributed by atoms with Gasteiger partial charge in [-0.05, 0) is 37.8 Å². The van der Waals surface area contributed by atoms with Gasteiger partial charge in [0.15, 0.2) is 0 Å². The summed E-state index contributed by atoms with van der Waals surface area (Å²) in [4.78, 5) is 18.9. The number of hydrogen-bond acceptors (Lipinski definition) is 4. The Bertz CT molecular complexity index is 536. The van der Waals surface area contributed by atoms with Crippen molar-refractivity contribution in [1.29, 1.82) is 0 Å². The first kappa shape index (κ1) is 19.6. The third kappa shape index (κ3) is 5.21. The molecule has 1 aliphatic heterocycles. The van der Waals surface area contributed by atoms with Crippen LogP contribution in [0.5, 0.6) is 0 Å². The van der Waals surface area contributed by atoms with Crippen LogP contribution in [-0.2, 0) is 0 Å². The minimum absolute atomic E-state index is 0.00171. The van der Waals surface area contributed by atoms with Crippen molar-refractivity contribution in [2.24, 2.45) is 0 Å². The molecule has 0 spiro atoms. The summed E-state index contributed by atoms with van der Waals surface area (Å²) in [5.41, 5.74) is 0. The Morgan fingerprint density at radius 3 is 2.58 bits per heavy atom. The van der Waals surface area contributed by atoms with Crippen molar-refractivity contribution >= 4 is 17.4 Å². The fourth-order valence-corrected chi connectivity index (χ4v) is 5.28. The molecule has 2 N–H and O–H groups in total. The molecule has 5 nitrogen and oxygen atoms in total. The van der Waals surface area contributed by atoms with Crippen molar-refractivity contribution in [3.8, 4) is 0 Å². The van der Waals surface area contributed by atoms with Crippen molar-refractivity contribution in [2.75, 3.05) is 32.7 Å². The molecular weight excluding hydrogens is 344 g/mol. The summed E-state index contributed by atoms with van der Waals surface area (Å²) in [7, 11) is 0. The number of carbonyl (C=O) groups excluding carboxylic acids is 1. The number of piperazine rings is 1. The average molecular weight is 379 g/mol. The first-order valence-electron chi connectivity index (χ1n) is 10.2. The molecule has 2 fully saturated rings. The molecule has 0 radical (unpaired) electrons. The topological polar surface area (TPSA) is 47.6 Å². The number of amides is 2. The maximum Gasteiger partial charge on any atom is 0.315 e. The highest BCUT2D eigenvalue weighted by Crippen LogP contribution is 2.29. The summed E-state index contributed by atoms with van der Waals surface area (Å²) in [5, 5.41) is 8.57. The molecule has 0 bridgehead atoms. The molecular formula is C20H34N4OS. The van der Waals surface area contributed by atoms with E-state index >= 15 is 0 Å². The second kappa shape index (κ2) is 9.72. The molecule has 6 heteroatoms. The van der Waals surface area contributed by atoms with Gasteiger partial charge in [0.25, 0.3) is 0 Å². The van der Waals surface area contributed by atoms with Crippen LogP contribution in [0.3, 0.4) is 0 Å². The minimum Gasteiger partial charge on any atom is -0.335 e. The van der Waals surface area contributed by atoms with Crippen molar-refractivity contribution < 1.29 is 4.79 Å². The number of likely N-dealkylation sites (N-methyl/N-ethyl adjacent to an activating group) is 1. The summed E-state index contributed by atoms with van der Waals surface area (Å²) in [6.45, 7) is 9.84. The van der Waals surface area contributed by atoms with Gasteiger partial charge in [0.05, 0.1) is 6.04 Å². The summed E-state index contributed by atoms with van der Waals surface area (Å²) in [5.74, 6) is 0. The van der Waals surface area contributed by atoms with Gasteiger partial charge in [-0.15, -0.1) is 11.3 Å². The van der Waals surface area contributed by atoms with Gasteiger partial charge in [-0.3, -0.25) is 4.90 Å². The van der Waals surface area contributed by atoms with Crippen molar-refractivity contribution in [3.05, 3.63) is 22.4 Å². The lowest BCUT2D eigenvalue weighted by atomic mass is 9.96. The first-order chi connectivity index (χ1) is 12.7. The summed E-state index contributed by atoms with van der Waals surface area (Å²) in [6, 6.07) is 5.02. The van der Waals surface area contributed by atoms with Crippen LogP contribution in [0.15, 0.2) is 17.5 Å². The fraction of sp³-hybridized carbons (Fsp3) is 0.750. The predicted octanol–water partition coefficient (Wildman–Crippen LogP) is 3.45. The van der Waals surface area contributed by atoms with Gasteiger partial charge in [0.1, 0.15) is 0 Å². The molecule has 2 aliphatic rings. The number of rotatable bonds is 6. The SMILES string of the molecule is CCN1CCN(C(c2cccs2)C(C)NC(=O)NC2CCCCC2)CC1. The van der Waals surface area contributed by atoms with Gasteiger partial charge in [-0.1, -0.05) is 32.3 Å². The maximum atomic E-state index is 12.5. The van der Waals surface area contributed by atoms with Gasteiger partial charge >= 0.3 is 6.03 Å². The molecule has 1 aromatic rings. The summed E-state index contributed by atoms with van der Waals surface area (Å²) < 4.78 is 0. The third-order valence-corrected chi connectivity index (χ3v) is 6.80. The standard InChI is InChI=1S/C20H34N4OS/c1-3-23-11-13-24(14-12-23)19(18-10-7-15-26-18)16(2)21-20(25)22-17-8-5-4-6-9-17/h7,10,15-17,19H,3-6,8-9,11-14H2,1-2H3,(H2,21,22,25). The molecule has 3 rings (SSSR count). The zero-order valence-electron chi connectivity index (χ0n) is 16.2. The molecule has 146 valence electrons. The van der Waals surface area contributed by atoms with E-state index in [1.165, 1.54) is 24.1 Å². The second-order valence-electron chi connectivity index (χ2n) is 7.67. The van der Waals surface area contributed by atoms with Crippen LogP contribution in [0.25, 0.3) is 0 Å². The third-order valence-electron chi connectivity index (χ3n) is 5.85. The Morgan fingerprint density at radius 2 is 1.96 bits per heavy atom. The first-order valence-corrected chi connectivity index (χ1v) is 11.1. The van der Waals surface area contributed by atoms with E-state index in [9.17, 15) is 4.79 Å². The Morgan fingerprint density at radius 1 is 1.23 bits per heavy atom. The smallest absolute Gasteiger partial charge is 0.315 e. The molecule has 1 saturated carbocycles. The molecule has 2 unspecified atom stereocenters. The molecule has 2 amide bonds. The lowest BCUT2D eigenvalue weighted by Gasteiger charge is -2.41. The molecule has 0 aromatic carbocycles. The lowest BCUT2D eigenvalue weighted by molar-refractivity contribution is 0.0862. The zero-order valence-corrected chi connectivity index (χ0v) is 17.1. The van der Waals surface area contributed by atoms with E-state index in [0.717, 1.165) is 45.6 Å². The number of hydrogen-bond donors (Lipinski definition) is 2. The normalized spacial score (nSPS) is 22.7. The highest BCUT2D eigenvalue weighted by Gasteiger charge is 2.30. The van der Waals surface area contributed by atoms with E-state index in [-0.39, 0.29) is 18.1 Å². The van der Waals surface area contributed by atoms with Crippen LogP contribution >= 0.6 is 11.3 Å². The molecule has 2 heterocycles. The van der Waals surface area contributed by atoms with E-state index < -0.39 is 0 Å². The van der Waals surface area contributed by atoms with Gasteiger partial charge < -0.3 is 15.5 Å². The largest absolute Gasteiger partial charge is 0.335 e. The van der Waals surface area contributed by atoms with Gasteiger partial charge in [-0.2, -0.15) is 0 Å². The number of carbonyl (C=O) groups is 1. The van der Waals surface area contributed by atoms with E-state index in [4.69, 9.17) is 0 Å². The van der Waals surface area contributed by atoms with Gasteiger partial charge in [0, 0.05) is 43.1 Å². The lowest BCUT2D eigenvalue weighted by Crippen LogP contribution is -2.54. The van der Waals surface area contributed by atoms with Crippen LogP contribution in [0.4, 0.5) is 4.79 Å². The number of urea groups is 1. The van der Waals surface area contributed by atoms with E-state index in [2.05, 4.69) is 51.8 Å². The molecule has 1 saturated heterocycles. The van der Waals surface area contributed by atoms with E-state index in [0.29, 0.717) is 6.04 Å². The van der Waals surface area contributed by atoms with Crippen LogP contribution in [-0.4, -0.2) is 60.6 Å². The van der Waals surface area contributed by atoms with Crippen molar-refractivity contribution in [1.82, 2.24) is 20.4 Å². The maximum absolute atomic E-state index is 12.5. The Balaban J connectivity index is 1.60. The zero-order chi connectivity index (χ0) is 18.4. The Kier molecular flexibility index (Phi) is 7.34. The summed E-state index contributed by atoms with van der Waals surface area (Å²) in [6.07, 6.45) is 6.02. The molecule has 1 aliphatic carbocycles. The number of thiophene rings is 1. The summed E-state index contributed by atoms with van der Waals surface area (Å²) >= 11 is 1.80. The van der Waals surface area contributed by atoms with Crippen LogP contribution < -0.4 is 10.6 Å². The number of nitrogens with one attached hydrogen (secondary N) is 2. The fourth-order valence-electron chi connectivity index (χ4n) is 4.32. The quantitative estimate of drug-likeness (QED) is 0.797. The van der Waals surface area contributed by atoms with Crippen LogP contribution in [0, 0.1) is 0 Å². The van der Waals surface area contributed by atoms with Gasteiger partial charge in [-0.25, -0.2) is 4.79 Å². The Labute approximate surface area is 162 Å². The predicted molar refractivity (Wildman–Crippen MR) is 109 cm³/mol. The van der Waals surface area contributed by atoms with E-state index in [1.807, 2.05) is 0 Å². The Hall–Kier alpha value is -1.11. The molecule has 1 aromatic heterocycles. The van der Waals surface area contributed by atoms with Gasteiger partial charge in [0.2, 0.25) is 0 Å². The highest BCUT2D eigenvalue weighted by atomic mass is 32.1. The van der Waals surface area contributed by atoms with Crippen molar-refractivity contribution in [3.63, 3.8) is 0 Å². The molecule has 2 atom stereocenters. The highest BCUT2D eigenvalue weighted by molar-refractivity contribution is 7.10. The van der Waals surface area contributed by atoms with Crippen LogP contribution in [0.1, 0.15) is 56.9 Å². The molecule has 26 heavy (non-hydrogen) atoms. The van der Waals surface area contributed by atoms with Crippen molar-refractivity contribution in [2.45, 2.75) is 64.1 Å².